The van der Waals surface area contributed by atoms with Crippen LogP contribution in [0.1, 0.15) is 56.9 Å². The minimum atomic E-state index is 0.559. The predicted octanol–water partition coefficient (Wildman–Crippen LogP) is 4.34. The van der Waals surface area contributed by atoms with Crippen molar-refractivity contribution in [1.29, 1.82) is 0 Å². The minimum absolute atomic E-state index is 0.559. The highest BCUT2D eigenvalue weighted by molar-refractivity contribution is 5.20. The molecule has 1 fully saturated rings. The van der Waals surface area contributed by atoms with Crippen LogP contribution in [0.5, 0.6) is 0 Å². The molecule has 0 heterocycles. The molecule has 2 N–H and O–H groups in total. The molecule has 18 heavy (non-hydrogen) atoms. The Labute approximate surface area is 112 Å². The van der Waals surface area contributed by atoms with Gasteiger partial charge in [-0.3, -0.25) is 0 Å². The molecule has 0 radical (unpaired) electrons. The summed E-state index contributed by atoms with van der Waals surface area (Å²) in [6.45, 7) is 3.14. The quantitative estimate of drug-likeness (QED) is 0.820. The van der Waals surface area contributed by atoms with Crippen LogP contribution in [0.25, 0.3) is 0 Å². The molecule has 1 aromatic rings. The van der Waals surface area contributed by atoms with Crippen LogP contribution in [0.4, 0.5) is 0 Å². The van der Waals surface area contributed by atoms with Gasteiger partial charge in [0.05, 0.1) is 0 Å². The number of hydrogen-bond donors (Lipinski definition) is 1. The van der Waals surface area contributed by atoms with E-state index in [0.29, 0.717) is 5.92 Å². The Hall–Kier alpha value is -0.820. The van der Waals surface area contributed by atoms with Crippen molar-refractivity contribution in [1.82, 2.24) is 0 Å². The molecule has 0 saturated heterocycles. The van der Waals surface area contributed by atoms with Crippen molar-refractivity contribution >= 4 is 0 Å². The highest BCUT2D eigenvalue weighted by Gasteiger charge is 2.26. The van der Waals surface area contributed by atoms with Gasteiger partial charge in [0.1, 0.15) is 0 Å². The standard InChI is InChI=1S/C17H27N/c1-2-14-8-6-7-11-16(14)12-17(13-18)15-9-4-3-5-10-15/h3-5,9-10,14,16-17H,2,6-8,11-13,18H2,1H3. The van der Waals surface area contributed by atoms with Crippen molar-refractivity contribution in [3.63, 3.8) is 0 Å². The first-order valence-electron chi connectivity index (χ1n) is 7.60. The number of hydrogen-bond acceptors (Lipinski definition) is 1. The summed E-state index contributed by atoms with van der Waals surface area (Å²) in [5, 5.41) is 0. The third-order valence-corrected chi connectivity index (χ3v) is 4.73. The molecule has 1 aromatic carbocycles. The molecule has 3 atom stereocenters. The molecular formula is C17H27N. The molecule has 0 aliphatic heterocycles. The molecule has 1 aliphatic rings. The molecule has 100 valence electrons. The van der Waals surface area contributed by atoms with E-state index in [-0.39, 0.29) is 0 Å². The van der Waals surface area contributed by atoms with Gasteiger partial charge in [0.2, 0.25) is 0 Å². The lowest BCUT2D eigenvalue weighted by Gasteiger charge is -2.33. The van der Waals surface area contributed by atoms with Gasteiger partial charge in [-0.15, -0.1) is 0 Å². The smallest absolute Gasteiger partial charge is 0.000813 e. The predicted molar refractivity (Wildman–Crippen MR) is 78.6 cm³/mol. The van der Waals surface area contributed by atoms with Crippen molar-refractivity contribution in [2.45, 2.75) is 51.4 Å². The van der Waals surface area contributed by atoms with E-state index in [4.69, 9.17) is 5.73 Å². The largest absolute Gasteiger partial charge is 0.330 e. The third-order valence-electron chi connectivity index (χ3n) is 4.73. The van der Waals surface area contributed by atoms with Crippen LogP contribution in [-0.4, -0.2) is 6.54 Å². The van der Waals surface area contributed by atoms with E-state index < -0.39 is 0 Å². The fourth-order valence-corrected chi connectivity index (χ4v) is 3.59. The average Bonchev–Trinajstić information content (AvgIpc) is 2.46. The fraction of sp³-hybridized carbons (Fsp3) is 0.647. The van der Waals surface area contributed by atoms with Crippen molar-refractivity contribution in [3.8, 4) is 0 Å². The van der Waals surface area contributed by atoms with Gasteiger partial charge in [-0.25, -0.2) is 0 Å². The third kappa shape index (κ3) is 3.35. The zero-order valence-corrected chi connectivity index (χ0v) is 11.6. The summed E-state index contributed by atoms with van der Waals surface area (Å²) in [6, 6.07) is 10.8. The zero-order valence-electron chi connectivity index (χ0n) is 11.6. The first-order chi connectivity index (χ1) is 8.85. The second kappa shape index (κ2) is 6.94. The summed E-state index contributed by atoms with van der Waals surface area (Å²) >= 11 is 0. The fourth-order valence-electron chi connectivity index (χ4n) is 3.59. The Morgan fingerprint density at radius 3 is 2.39 bits per heavy atom. The molecule has 3 unspecified atom stereocenters. The lowest BCUT2D eigenvalue weighted by molar-refractivity contribution is 0.207. The summed E-state index contributed by atoms with van der Waals surface area (Å²) in [5.74, 6) is 2.40. The molecule has 0 bridgehead atoms. The summed E-state index contributed by atoms with van der Waals surface area (Å²) in [6.07, 6.45) is 8.35. The number of rotatable bonds is 5. The van der Waals surface area contributed by atoms with E-state index >= 15 is 0 Å². The SMILES string of the molecule is CCC1CCCCC1CC(CN)c1ccccc1. The van der Waals surface area contributed by atoms with Gasteiger partial charge in [-0.1, -0.05) is 69.4 Å². The van der Waals surface area contributed by atoms with E-state index in [1.165, 1.54) is 44.1 Å². The van der Waals surface area contributed by atoms with Crippen LogP contribution in [0, 0.1) is 11.8 Å². The van der Waals surface area contributed by atoms with E-state index in [9.17, 15) is 0 Å². The summed E-state index contributed by atoms with van der Waals surface area (Å²) < 4.78 is 0. The molecule has 1 saturated carbocycles. The Bertz CT molecular complexity index is 333. The molecule has 1 aliphatic carbocycles. The van der Waals surface area contributed by atoms with Crippen LogP contribution in [0.15, 0.2) is 30.3 Å². The topological polar surface area (TPSA) is 26.0 Å². The molecule has 0 spiro atoms. The minimum Gasteiger partial charge on any atom is -0.330 e. The lowest BCUT2D eigenvalue weighted by atomic mass is 9.73. The van der Waals surface area contributed by atoms with Gasteiger partial charge in [0.25, 0.3) is 0 Å². The number of nitrogens with two attached hydrogens (primary N) is 1. The maximum Gasteiger partial charge on any atom is -0.000813 e. The maximum atomic E-state index is 6.01. The Balaban J connectivity index is 2.01. The first-order valence-corrected chi connectivity index (χ1v) is 7.60. The second-order valence-corrected chi connectivity index (χ2v) is 5.79. The average molecular weight is 245 g/mol. The van der Waals surface area contributed by atoms with Gasteiger partial charge in [-0.05, 0) is 36.3 Å². The molecular weight excluding hydrogens is 218 g/mol. The van der Waals surface area contributed by atoms with Crippen molar-refractivity contribution in [2.24, 2.45) is 17.6 Å². The summed E-state index contributed by atoms with van der Waals surface area (Å²) in [5.41, 5.74) is 7.44. The molecule has 2 rings (SSSR count). The van der Waals surface area contributed by atoms with Gasteiger partial charge in [0.15, 0.2) is 0 Å². The van der Waals surface area contributed by atoms with Crippen molar-refractivity contribution < 1.29 is 0 Å². The first kappa shape index (κ1) is 13.6. The Morgan fingerprint density at radius 2 is 1.78 bits per heavy atom. The van der Waals surface area contributed by atoms with E-state index in [1.807, 2.05) is 0 Å². The highest BCUT2D eigenvalue weighted by Crippen LogP contribution is 2.38. The van der Waals surface area contributed by atoms with Gasteiger partial charge in [0, 0.05) is 0 Å². The summed E-state index contributed by atoms with van der Waals surface area (Å²) in [4.78, 5) is 0. The Kier molecular flexibility index (Phi) is 5.25. The molecule has 0 aromatic heterocycles. The lowest BCUT2D eigenvalue weighted by Crippen LogP contribution is -2.24. The van der Waals surface area contributed by atoms with Gasteiger partial charge in [-0.2, -0.15) is 0 Å². The molecule has 0 amide bonds. The van der Waals surface area contributed by atoms with Crippen molar-refractivity contribution in [2.75, 3.05) is 6.54 Å². The van der Waals surface area contributed by atoms with Crippen molar-refractivity contribution in [3.05, 3.63) is 35.9 Å². The monoisotopic (exact) mass is 245 g/mol. The van der Waals surface area contributed by atoms with E-state index in [0.717, 1.165) is 18.4 Å². The van der Waals surface area contributed by atoms with Gasteiger partial charge >= 0.3 is 0 Å². The van der Waals surface area contributed by atoms with Crippen LogP contribution in [0.3, 0.4) is 0 Å². The van der Waals surface area contributed by atoms with Crippen LogP contribution in [0.2, 0.25) is 0 Å². The number of benzene rings is 1. The molecule has 1 heteroatoms. The van der Waals surface area contributed by atoms with E-state index in [1.54, 1.807) is 0 Å². The van der Waals surface area contributed by atoms with Crippen LogP contribution in [-0.2, 0) is 0 Å². The summed E-state index contributed by atoms with van der Waals surface area (Å²) in [7, 11) is 0. The second-order valence-electron chi connectivity index (χ2n) is 5.79. The van der Waals surface area contributed by atoms with E-state index in [2.05, 4.69) is 37.3 Å². The highest BCUT2D eigenvalue weighted by atomic mass is 14.6. The van der Waals surface area contributed by atoms with Crippen LogP contribution < -0.4 is 5.73 Å². The Morgan fingerprint density at radius 1 is 1.11 bits per heavy atom. The van der Waals surface area contributed by atoms with Crippen LogP contribution >= 0.6 is 0 Å². The molecule has 1 nitrogen and oxygen atoms in total. The maximum absolute atomic E-state index is 6.01. The zero-order chi connectivity index (χ0) is 12.8. The van der Waals surface area contributed by atoms with Gasteiger partial charge < -0.3 is 5.73 Å². The normalized spacial score (nSPS) is 25.9.